The van der Waals surface area contributed by atoms with E-state index >= 15 is 4.39 Å². The summed E-state index contributed by atoms with van der Waals surface area (Å²) in [5.41, 5.74) is 1.06. The molecule has 2 saturated carbocycles. The summed E-state index contributed by atoms with van der Waals surface area (Å²) in [6, 6.07) is 7.55. The van der Waals surface area contributed by atoms with Gasteiger partial charge < -0.3 is 9.47 Å². The van der Waals surface area contributed by atoms with E-state index in [2.05, 4.69) is 6.92 Å². The molecule has 2 fully saturated rings. The summed E-state index contributed by atoms with van der Waals surface area (Å²) < 4.78 is 54.8. The normalized spacial score (nSPS) is 25.1. The number of esters is 1. The van der Waals surface area contributed by atoms with Gasteiger partial charge in [-0.15, -0.1) is 0 Å². The highest BCUT2D eigenvalue weighted by Gasteiger charge is 2.30. The standard InChI is InChI=1S/C28H33F3O3/c1-3-33-25-15-10-20(16-24(25)29)28(32)34-21-11-8-19(9-12-21)23-14-13-22(26(30)27(23)31)18-6-4-17(2)5-7-18/h10,13-19,21H,3-9,11-12H2,1-2H3. The number of hydrogen-bond acceptors (Lipinski definition) is 3. The lowest BCUT2D eigenvalue weighted by Gasteiger charge is -2.30. The van der Waals surface area contributed by atoms with Crippen LogP contribution in [0.5, 0.6) is 5.75 Å². The highest BCUT2D eigenvalue weighted by molar-refractivity contribution is 5.89. The summed E-state index contributed by atoms with van der Waals surface area (Å²) in [6.07, 6.45) is 5.92. The van der Waals surface area contributed by atoms with Gasteiger partial charge in [-0.1, -0.05) is 31.9 Å². The maximum atomic E-state index is 15.0. The molecule has 0 heterocycles. The minimum absolute atomic E-state index is 0.0953. The van der Waals surface area contributed by atoms with Gasteiger partial charge in [0.05, 0.1) is 12.2 Å². The molecule has 4 rings (SSSR count). The molecule has 2 aromatic carbocycles. The average Bonchev–Trinajstić information content (AvgIpc) is 2.83. The molecular weight excluding hydrogens is 441 g/mol. The Morgan fingerprint density at radius 3 is 1.94 bits per heavy atom. The van der Waals surface area contributed by atoms with Crippen molar-refractivity contribution in [3.05, 3.63) is 64.5 Å². The molecule has 0 aliphatic heterocycles. The third kappa shape index (κ3) is 5.42. The van der Waals surface area contributed by atoms with Crippen LogP contribution in [-0.2, 0) is 4.74 Å². The van der Waals surface area contributed by atoms with Gasteiger partial charge in [-0.2, -0.15) is 0 Å². The van der Waals surface area contributed by atoms with Crippen molar-refractivity contribution in [2.45, 2.75) is 83.2 Å². The van der Waals surface area contributed by atoms with Crippen LogP contribution in [0.4, 0.5) is 13.2 Å². The number of halogens is 3. The van der Waals surface area contributed by atoms with Crippen molar-refractivity contribution < 1.29 is 27.4 Å². The van der Waals surface area contributed by atoms with Gasteiger partial charge in [-0.3, -0.25) is 0 Å². The summed E-state index contributed by atoms with van der Waals surface area (Å²) in [5, 5.41) is 0. The van der Waals surface area contributed by atoms with Gasteiger partial charge in [-0.05, 0) is 92.5 Å². The molecule has 0 spiro atoms. The van der Waals surface area contributed by atoms with Gasteiger partial charge in [-0.25, -0.2) is 18.0 Å². The van der Waals surface area contributed by atoms with Crippen molar-refractivity contribution in [2.24, 2.45) is 5.92 Å². The van der Waals surface area contributed by atoms with Crippen LogP contribution >= 0.6 is 0 Å². The fraction of sp³-hybridized carbons (Fsp3) is 0.536. The largest absolute Gasteiger partial charge is 0.491 e. The third-order valence-electron chi connectivity index (χ3n) is 7.45. The zero-order valence-electron chi connectivity index (χ0n) is 19.9. The van der Waals surface area contributed by atoms with Gasteiger partial charge in [0.25, 0.3) is 0 Å². The molecule has 34 heavy (non-hydrogen) atoms. The maximum absolute atomic E-state index is 15.0. The minimum atomic E-state index is -0.721. The minimum Gasteiger partial charge on any atom is -0.491 e. The second kappa shape index (κ2) is 10.8. The van der Waals surface area contributed by atoms with Gasteiger partial charge in [0.1, 0.15) is 6.10 Å². The molecule has 0 aromatic heterocycles. The highest BCUT2D eigenvalue weighted by Crippen LogP contribution is 2.40. The molecule has 3 nitrogen and oxygen atoms in total. The Kier molecular flexibility index (Phi) is 7.84. The van der Waals surface area contributed by atoms with E-state index in [1.54, 1.807) is 19.1 Å². The molecule has 2 aliphatic carbocycles. The highest BCUT2D eigenvalue weighted by atomic mass is 19.2. The molecule has 2 aliphatic rings. The van der Waals surface area contributed by atoms with E-state index in [0.29, 0.717) is 49.3 Å². The maximum Gasteiger partial charge on any atom is 0.338 e. The summed E-state index contributed by atoms with van der Waals surface area (Å²) in [4.78, 5) is 12.5. The van der Waals surface area contributed by atoms with E-state index in [4.69, 9.17) is 9.47 Å². The van der Waals surface area contributed by atoms with Crippen molar-refractivity contribution in [2.75, 3.05) is 6.61 Å². The van der Waals surface area contributed by atoms with Crippen LogP contribution in [0, 0.1) is 23.4 Å². The van der Waals surface area contributed by atoms with Crippen molar-refractivity contribution in [3.63, 3.8) is 0 Å². The van der Waals surface area contributed by atoms with E-state index < -0.39 is 23.4 Å². The monoisotopic (exact) mass is 474 g/mol. The summed E-state index contributed by atoms with van der Waals surface area (Å²) >= 11 is 0. The number of carbonyl (C=O) groups is 1. The van der Waals surface area contributed by atoms with Crippen molar-refractivity contribution in [3.8, 4) is 5.75 Å². The van der Waals surface area contributed by atoms with Crippen LogP contribution in [0.25, 0.3) is 0 Å². The van der Waals surface area contributed by atoms with Gasteiger partial charge >= 0.3 is 5.97 Å². The smallest absolute Gasteiger partial charge is 0.338 e. The van der Waals surface area contributed by atoms with Crippen LogP contribution in [0.15, 0.2) is 30.3 Å². The first kappa shape index (κ1) is 24.6. The summed E-state index contributed by atoms with van der Waals surface area (Å²) in [5.74, 6) is -1.86. The first-order valence-electron chi connectivity index (χ1n) is 12.5. The molecule has 0 atom stereocenters. The molecular formula is C28H33F3O3. The topological polar surface area (TPSA) is 35.5 Å². The lowest BCUT2D eigenvalue weighted by molar-refractivity contribution is 0.0193. The number of rotatable bonds is 6. The first-order chi connectivity index (χ1) is 16.4. The molecule has 184 valence electrons. The molecule has 0 radical (unpaired) electrons. The van der Waals surface area contributed by atoms with Gasteiger partial charge in [0, 0.05) is 0 Å². The van der Waals surface area contributed by atoms with Crippen LogP contribution in [0.1, 0.15) is 98.5 Å². The second-order valence-electron chi connectivity index (χ2n) is 9.79. The fourth-order valence-corrected chi connectivity index (χ4v) is 5.39. The number of benzene rings is 2. The Bertz CT molecular complexity index is 1010. The van der Waals surface area contributed by atoms with Crippen molar-refractivity contribution in [1.29, 1.82) is 0 Å². The molecule has 6 heteroatoms. The molecule has 0 bridgehead atoms. The third-order valence-corrected chi connectivity index (χ3v) is 7.45. The Morgan fingerprint density at radius 2 is 1.41 bits per heavy atom. The van der Waals surface area contributed by atoms with Gasteiger partial charge in [0.2, 0.25) is 0 Å². The van der Waals surface area contributed by atoms with Crippen LogP contribution in [-0.4, -0.2) is 18.7 Å². The fourth-order valence-electron chi connectivity index (χ4n) is 5.39. The SMILES string of the molecule is CCOc1ccc(C(=O)OC2CCC(c3ccc(C4CCC(C)CC4)c(F)c3F)CC2)cc1F. The summed E-state index contributed by atoms with van der Waals surface area (Å²) in [7, 11) is 0. The van der Waals surface area contributed by atoms with E-state index in [9.17, 15) is 13.6 Å². The van der Waals surface area contributed by atoms with E-state index in [0.717, 1.165) is 31.7 Å². The Labute approximate surface area is 199 Å². The second-order valence-corrected chi connectivity index (χ2v) is 9.79. The lowest BCUT2D eigenvalue weighted by Crippen LogP contribution is -2.24. The quantitative estimate of drug-likeness (QED) is 0.403. The molecule has 2 aromatic rings. The number of hydrogen-bond donors (Lipinski definition) is 0. The van der Waals surface area contributed by atoms with E-state index in [-0.39, 0.29) is 29.3 Å². The zero-order valence-corrected chi connectivity index (χ0v) is 19.9. The van der Waals surface area contributed by atoms with Crippen LogP contribution in [0.2, 0.25) is 0 Å². The first-order valence-corrected chi connectivity index (χ1v) is 12.5. The zero-order chi connectivity index (χ0) is 24.2. The Hall–Kier alpha value is -2.50. The lowest BCUT2D eigenvalue weighted by atomic mass is 9.77. The molecule has 0 N–H and O–H groups in total. The molecule has 0 unspecified atom stereocenters. The summed E-state index contributed by atoms with van der Waals surface area (Å²) in [6.45, 7) is 4.29. The average molecular weight is 475 g/mol. The van der Waals surface area contributed by atoms with Gasteiger partial charge in [0.15, 0.2) is 23.2 Å². The van der Waals surface area contributed by atoms with E-state index in [1.165, 1.54) is 12.1 Å². The number of ether oxygens (including phenoxy) is 2. The predicted molar refractivity (Wildman–Crippen MR) is 125 cm³/mol. The van der Waals surface area contributed by atoms with Crippen molar-refractivity contribution in [1.82, 2.24) is 0 Å². The van der Waals surface area contributed by atoms with Crippen LogP contribution in [0.3, 0.4) is 0 Å². The predicted octanol–water partition coefficient (Wildman–Crippen LogP) is 7.68. The van der Waals surface area contributed by atoms with Crippen molar-refractivity contribution >= 4 is 5.97 Å². The Balaban J connectivity index is 1.35. The number of carbonyl (C=O) groups excluding carboxylic acids is 1. The van der Waals surface area contributed by atoms with Crippen LogP contribution < -0.4 is 4.74 Å². The Morgan fingerprint density at radius 1 is 0.853 bits per heavy atom. The molecule has 0 amide bonds. The van der Waals surface area contributed by atoms with E-state index in [1.807, 2.05) is 0 Å². The molecule has 0 saturated heterocycles.